The van der Waals surface area contributed by atoms with Crippen LogP contribution in [0.1, 0.15) is 28.9 Å². The molecule has 0 aliphatic rings. The van der Waals surface area contributed by atoms with E-state index >= 15 is 0 Å². The summed E-state index contributed by atoms with van der Waals surface area (Å²) in [5, 5.41) is 5.00. The molecule has 6 nitrogen and oxygen atoms in total. The van der Waals surface area contributed by atoms with Crippen molar-refractivity contribution in [3.05, 3.63) is 156 Å². The van der Waals surface area contributed by atoms with Crippen LogP contribution in [0.4, 0.5) is 0 Å². The van der Waals surface area contributed by atoms with Crippen LogP contribution in [0.5, 0.6) is 0 Å². The normalized spacial score (nSPS) is 11.9. The van der Waals surface area contributed by atoms with Crippen LogP contribution in [-0.2, 0) is 26.2 Å². The number of hydrogen-bond acceptors (Lipinski definition) is 4. The summed E-state index contributed by atoms with van der Waals surface area (Å²) in [4.78, 5) is 12.5. The monoisotopic (exact) mass is 614 g/mol. The number of nitrogens with two attached hydrogens (primary N) is 1. The van der Waals surface area contributed by atoms with Gasteiger partial charge < -0.3 is 14.9 Å². The number of hydrogen-bond donors (Lipinski definition) is 1. The van der Waals surface area contributed by atoms with Crippen molar-refractivity contribution < 1.29 is 0 Å². The highest BCUT2D eigenvalue weighted by molar-refractivity contribution is 6.08. The van der Waals surface area contributed by atoms with Gasteiger partial charge in [0.15, 0.2) is 0 Å². The first-order chi connectivity index (χ1) is 23.2. The zero-order chi connectivity index (χ0) is 31.6. The second kappa shape index (κ2) is 12.8. The predicted octanol–water partition coefficient (Wildman–Crippen LogP) is 8.14. The molecule has 232 valence electrons. The molecule has 0 fully saturated rings. The Hall–Kier alpha value is -5.30. The van der Waals surface area contributed by atoms with Crippen molar-refractivity contribution >= 4 is 43.6 Å². The summed E-state index contributed by atoms with van der Waals surface area (Å²) >= 11 is 0. The average Bonchev–Trinajstić information content (AvgIpc) is 3.59. The maximum atomic E-state index is 6.01. The van der Waals surface area contributed by atoms with Crippen molar-refractivity contribution in [1.82, 2.24) is 24.0 Å². The van der Waals surface area contributed by atoms with Gasteiger partial charge in [0.2, 0.25) is 0 Å². The molecule has 0 aliphatic heterocycles. The Morgan fingerprint density at radius 3 is 1.43 bits per heavy atom. The molecule has 6 heteroatoms. The summed E-state index contributed by atoms with van der Waals surface area (Å²) in [6.45, 7) is 4.60. The van der Waals surface area contributed by atoms with Gasteiger partial charge in [-0.15, -0.1) is 0 Å². The molecule has 4 heterocycles. The molecular weight excluding hydrogens is 576 g/mol. The molecule has 0 saturated heterocycles. The van der Waals surface area contributed by atoms with Crippen LogP contribution in [-0.4, -0.2) is 37.1 Å². The van der Waals surface area contributed by atoms with E-state index in [0.717, 1.165) is 61.6 Å². The molecule has 0 saturated carbocycles. The Morgan fingerprint density at radius 1 is 0.511 bits per heavy atom. The number of nitrogens with zero attached hydrogens (tertiary/aromatic N) is 5. The van der Waals surface area contributed by atoms with Crippen LogP contribution >= 0.6 is 0 Å². The fourth-order valence-corrected chi connectivity index (χ4v) is 7.01. The zero-order valence-electron chi connectivity index (χ0n) is 26.5. The lowest BCUT2D eigenvalue weighted by atomic mass is 10.1. The predicted molar refractivity (Wildman–Crippen MR) is 193 cm³/mol. The molecule has 47 heavy (non-hydrogen) atoms. The van der Waals surface area contributed by atoms with Crippen LogP contribution < -0.4 is 5.73 Å². The Labute approximate surface area is 274 Å². The minimum absolute atomic E-state index is 0.648. The summed E-state index contributed by atoms with van der Waals surface area (Å²) in [7, 11) is 0. The Morgan fingerprint density at radius 2 is 0.957 bits per heavy atom. The van der Waals surface area contributed by atoms with E-state index in [-0.39, 0.29) is 0 Å². The maximum absolute atomic E-state index is 6.01. The molecule has 0 spiro atoms. The van der Waals surface area contributed by atoms with Crippen molar-refractivity contribution in [2.45, 2.75) is 32.6 Å². The van der Waals surface area contributed by atoms with Gasteiger partial charge in [0.05, 0.1) is 34.8 Å². The van der Waals surface area contributed by atoms with Gasteiger partial charge in [0.25, 0.3) is 0 Å². The van der Waals surface area contributed by atoms with Crippen molar-refractivity contribution in [3.8, 4) is 0 Å². The maximum Gasteiger partial charge on any atom is 0.0681 e. The van der Waals surface area contributed by atoms with E-state index in [1.54, 1.807) is 0 Å². The Balaban J connectivity index is 1.11. The molecule has 0 amide bonds. The Kier molecular flexibility index (Phi) is 7.95. The van der Waals surface area contributed by atoms with Crippen LogP contribution in [0.3, 0.4) is 0 Å². The molecule has 0 aliphatic carbocycles. The van der Waals surface area contributed by atoms with Crippen molar-refractivity contribution in [1.29, 1.82) is 0 Å². The number of fused-ring (bicyclic) bond motifs is 6. The van der Waals surface area contributed by atoms with E-state index in [1.165, 1.54) is 43.7 Å². The fourth-order valence-electron chi connectivity index (χ4n) is 7.01. The summed E-state index contributed by atoms with van der Waals surface area (Å²) < 4.78 is 4.77. The number of para-hydroxylation sites is 2. The van der Waals surface area contributed by atoms with Crippen LogP contribution in [0, 0.1) is 0 Å². The van der Waals surface area contributed by atoms with E-state index in [2.05, 4.69) is 148 Å². The highest BCUT2D eigenvalue weighted by atomic mass is 15.1. The highest BCUT2D eigenvalue weighted by Gasteiger charge is 2.16. The zero-order valence-corrected chi connectivity index (χ0v) is 26.5. The van der Waals surface area contributed by atoms with Crippen LogP contribution in [0.15, 0.2) is 134 Å². The molecule has 0 unspecified atom stereocenters. The molecule has 0 atom stereocenters. The van der Waals surface area contributed by atoms with Gasteiger partial charge in [0, 0.05) is 65.3 Å². The summed E-state index contributed by atoms with van der Waals surface area (Å²) in [6.07, 6.45) is 5.03. The lowest BCUT2D eigenvalue weighted by Gasteiger charge is -2.21. The second-order valence-corrected chi connectivity index (χ2v) is 12.4. The summed E-state index contributed by atoms with van der Waals surface area (Å²) in [5.41, 5.74) is 15.4. The van der Waals surface area contributed by atoms with Gasteiger partial charge in [0.1, 0.15) is 0 Å². The first-order valence-electron chi connectivity index (χ1n) is 16.5. The quantitative estimate of drug-likeness (QED) is 0.160. The SMILES string of the molecule is NCCCN(Cc1cc2c3ccccc3n(Cc3ccccc3)c2cn1)Cc1cc2c3ccccc3n(Cc3ccccc3)c2cn1. The molecule has 8 rings (SSSR count). The van der Waals surface area contributed by atoms with Crippen LogP contribution in [0.2, 0.25) is 0 Å². The van der Waals surface area contributed by atoms with Gasteiger partial charge in [-0.05, 0) is 48.4 Å². The van der Waals surface area contributed by atoms with E-state index < -0.39 is 0 Å². The average molecular weight is 615 g/mol. The van der Waals surface area contributed by atoms with E-state index in [0.29, 0.717) is 6.54 Å². The molecule has 2 N–H and O–H groups in total. The minimum Gasteiger partial charge on any atom is -0.335 e. The Bertz CT molecular complexity index is 2140. The minimum atomic E-state index is 0.648. The lowest BCUT2D eigenvalue weighted by Crippen LogP contribution is -2.26. The largest absolute Gasteiger partial charge is 0.335 e. The lowest BCUT2D eigenvalue weighted by molar-refractivity contribution is 0.249. The highest BCUT2D eigenvalue weighted by Crippen LogP contribution is 2.32. The summed E-state index contributed by atoms with van der Waals surface area (Å²) in [5.74, 6) is 0. The third-order valence-electron chi connectivity index (χ3n) is 9.25. The molecule has 0 bridgehead atoms. The van der Waals surface area contributed by atoms with E-state index in [9.17, 15) is 0 Å². The third kappa shape index (κ3) is 5.78. The number of pyridine rings is 2. The van der Waals surface area contributed by atoms with Gasteiger partial charge >= 0.3 is 0 Å². The third-order valence-corrected chi connectivity index (χ3v) is 9.25. The number of aromatic nitrogens is 4. The smallest absolute Gasteiger partial charge is 0.0681 e. The molecule has 4 aromatic heterocycles. The van der Waals surface area contributed by atoms with Crippen molar-refractivity contribution in [3.63, 3.8) is 0 Å². The first-order valence-corrected chi connectivity index (χ1v) is 16.5. The standard InChI is InChI=1S/C41H38N6/c42-20-11-21-45(28-32-22-36-34-16-7-9-18-38(34)46(40(36)24-43-32)26-30-12-3-1-4-13-30)29-33-23-37-35-17-8-10-19-39(35)47(41(37)25-44-33)27-31-14-5-2-6-15-31/h1-10,12-19,22-25H,11,20-21,26-29,42H2. The fraction of sp³-hybridized carbons (Fsp3) is 0.171. The number of benzene rings is 4. The molecule has 4 aromatic carbocycles. The van der Waals surface area contributed by atoms with Crippen LogP contribution in [0.25, 0.3) is 43.6 Å². The van der Waals surface area contributed by atoms with Gasteiger partial charge in [-0.1, -0.05) is 97.1 Å². The first kappa shape index (κ1) is 29.1. The van der Waals surface area contributed by atoms with Gasteiger partial charge in [-0.3, -0.25) is 14.9 Å². The molecule has 8 aromatic rings. The van der Waals surface area contributed by atoms with Crippen molar-refractivity contribution in [2.24, 2.45) is 5.73 Å². The molecular formula is C41H38N6. The van der Waals surface area contributed by atoms with E-state index in [1.807, 2.05) is 0 Å². The number of rotatable bonds is 11. The van der Waals surface area contributed by atoms with Gasteiger partial charge in [-0.2, -0.15) is 0 Å². The van der Waals surface area contributed by atoms with Gasteiger partial charge in [-0.25, -0.2) is 0 Å². The summed E-state index contributed by atoms with van der Waals surface area (Å²) in [6, 6.07) is 43.2. The van der Waals surface area contributed by atoms with Crippen molar-refractivity contribution in [2.75, 3.05) is 13.1 Å². The van der Waals surface area contributed by atoms with E-state index in [4.69, 9.17) is 15.7 Å². The molecule has 0 radical (unpaired) electrons. The topological polar surface area (TPSA) is 64.9 Å². The second-order valence-electron chi connectivity index (χ2n) is 12.4.